The first kappa shape index (κ1) is 14.0. The SMILES string of the molecule is Nc1ccc(S(=O)(=O)NCc2cccc(Br)c2)cc1. The van der Waals surface area contributed by atoms with Crippen LogP contribution in [0.2, 0.25) is 0 Å². The Bertz CT molecular complexity index is 669. The molecule has 19 heavy (non-hydrogen) atoms. The molecule has 0 unspecified atom stereocenters. The number of nitrogen functional groups attached to an aromatic ring is 1. The highest BCUT2D eigenvalue weighted by Gasteiger charge is 2.13. The number of anilines is 1. The first-order valence-electron chi connectivity index (χ1n) is 5.57. The predicted molar refractivity (Wildman–Crippen MR) is 79.0 cm³/mol. The Kier molecular flexibility index (Phi) is 4.24. The second-order valence-corrected chi connectivity index (χ2v) is 6.71. The van der Waals surface area contributed by atoms with E-state index < -0.39 is 10.0 Å². The maximum absolute atomic E-state index is 12.0. The first-order valence-corrected chi connectivity index (χ1v) is 7.85. The van der Waals surface area contributed by atoms with E-state index >= 15 is 0 Å². The molecule has 6 heteroatoms. The average molecular weight is 341 g/mol. The minimum absolute atomic E-state index is 0.205. The van der Waals surface area contributed by atoms with Crippen molar-refractivity contribution in [2.45, 2.75) is 11.4 Å². The number of sulfonamides is 1. The molecule has 0 fully saturated rings. The van der Waals surface area contributed by atoms with Crippen LogP contribution in [0.4, 0.5) is 5.69 Å². The van der Waals surface area contributed by atoms with Gasteiger partial charge in [-0.3, -0.25) is 0 Å². The van der Waals surface area contributed by atoms with Crippen LogP contribution < -0.4 is 10.5 Å². The van der Waals surface area contributed by atoms with Gasteiger partial charge in [-0.05, 0) is 42.0 Å². The molecular formula is C13H13BrN2O2S. The molecule has 0 saturated heterocycles. The Hall–Kier alpha value is -1.37. The van der Waals surface area contributed by atoms with Gasteiger partial charge in [0.15, 0.2) is 0 Å². The lowest BCUT2D eigenvalue weighted by Gasteiger charge is -2.07. The van der Waals surface area contributed by atoms with Gasteiger partial charge in [0.2, 0.25) is 10.0 Å². The Morgan fingerprint density at radius 2 is 1.79 bits per heavy atom. The lowest BCUT2D eigenvalue weighted by molar-refractivity contribution is 0.581. The fourth-order valence-corrected chi connectivity index (χ4v) is 3.02. The highest BCUT2D eigenvalue weighted by molar-refractivity contribution is 9.10. The molecule has 0 bridgehead atoms. The molecule has 3 N–H and O–H groups in total. The Balaban J connectivity index is 2.12. The zero-order valence-corrected chi connectivity index (χ0v) is 12.4. The number of halogens is 1. The standard InChI is InChI=1S/C13H13BrN2O2S/c14-11-3-1-2-10(8-11)9-16-19(17,18)13-6-4-12(15)5-7-13/h1-8,16H,9,15H2. The normalized spacial score (nSPS) is 11.4. The molecule has 0 aliphatic heterocycles. The Morgan fingerprint density at radius 3 is 2.42 bits per heavy atom. The Labute approximate surface area is 120 Å². The molecule has 0 aromatic heterocycles. The summed E-state index contributed by atoms with van der Waals surface area (Å²) in [6, 6.07) is 13.6. The summed E-state index contributed by atoms with van der Waals surface area (Å²) in [4.78, 5) is 0.205. The maximum atomic E-state index is 12.0. The third-order valence-electron chi connectivity index (χ3n) is 2.55. The lowest BCUT2D eigenvalue weighted by atomic mass is 10.2. The van der Waals surface area contributed by atoms with Crippen LogP contribution in [0, 0.1) is 0 Å². The fraction of sp³-hybridized carbons (Fsp3) is 0.0769. The average Bonchev–Trinajstić information content (AvgIpc) is 2.37. The first-order chi connectivity index (χ1) is 8.97. The molecule has 0 spiro atoms. The number of hydrogen-bond donors (Lipinski definition) is 2. The molecule has 4 nitrogen and oxygen atoms in total. The molecule has 0 heterocycles. The van der Waals surface area contributed by atoms with Crippen LogP contribution in [-0.2, 0) is 16.6 Å². The fourth-order valence-electron chi connectivity index (χ4n) is 1.56. The predicted octanol–water partition coefficient (Wildman–Crippen LogP) is 2.51. The van der Waals surface area contributed by atoms with E-state index in [2.05, 4.69) is 20.7 Å². The van der Waals surface area contributed by atoms with Crippen LogP contribution in [0.3, 0.4) is 0 Å². The molecule has 0 saturated carbocycles. The second kappa shape index (κ2) is 5.73. The monoisotopic (exact) mass is 340 g/mol. The molecule has 0 aliphatic rings. The van der Waals surface area contributed by atoms with Crippen molar-refractivity contribution in [1.82, 2.24) is 4.72 Å². The largest absolute Gasteiger partial charge is 0.399 e. The van der Waals surface area contributed by atoms with Crippen molar-refractivity contribution in [1.29, 1.82) is 0 Å². The van der Waals surface area contributed by atoms with Crippen molar-refractivity contribution >= 4 is 31.6 Å². The van der Waals surface area contributed by atoms with Crippen molar-refractivity contribution < 1.29 is 8.42 Å². The van der Waals surface area contributed by atoms with Gasteiger partial charge in [0.1, 0.15) is 0 Å². The van der Waals surface area contributed by atoms with E-state index in [0.29, 0.717) is 5.69 Å². The van der Waals surface area contributed by atoms with Gasteiger partial charge in [-0.2, -0.15) is 0 Å². The molecule has 2 aromatic carbocycles. The number of rotatable bonds is 4. The highest BCUT2D eigenvalue weighted by atomic mass is 79.9. The summed E-state index contributed by atoms with van der Waals surface area (Å²) in [6.45, 7) is 0.242. The Morgan fingerprint density at radius 1 is 1.11 bits per heavy atom. The number of benzene rings is 2. The molecule has 0 amide bonds. The molecule has 0 radical (unpaired) electrons. The van der Waals surface area contributed by atoms with E-state index in [1.54, 1.807) is 12.1 Å². The van der Waals surface area contributed by atoms with Crippen molar-refractivity contribution in [2.75, 3.05) is 5.73 Å². The zero-order valence-electron chi connectivity index (χ0n) is 10.0. The molecule has 2 rings (SSSR count). The van der Waals surface area contributed by atoms with Crippen LogP contribution in [0.25, 0.3) is 0 Å². The van der Waals surface area contributed by atoms with Crippen molar-refractivity contribution in [2.24, 2.45) is 0 Å². The number of nitrogens with one attached hydrogen (secondary N) is 1. The topological polar surface area (TPSA) is 72.2 Å². The van der Waals surface area contributed by atoms with Gasteiger partial charge in [0, 0.05) is 16.7 Å². The minimum atomic E-state index is -3.51. The van der Waals surface area contributed by atoms with E-state index in [1.807, 2.05) is 24.3 Å². The maximum Gasteiger partial charge on any atom is 0.240 e. The third-order valence-corrected chi connectivity index (χ3v) is 4.46. The van der Waals surface area contributed by atoms with E-state index in [-0.39, 0.29) is 11.4 Å². The van der Waals surface area contributed by atoms with E-state index in [4.69, 9.17) is 5.73 Å². The highest BCUT2D eigenvalue weighted by Crippen LogP contribution is 2.14. The third kappa shape index (κ3) is 3.79. The quantitative estimate of drug-likeness (QED) is 0.840. The second-order valence-electron chi connectivity index (χ2n) is 4.02. The van der Waals surface area contributed by atoms with Crippen LogP contribution in [0.1, 0.15) is 5.56 Å². The van der Waals surface area contributed by atoms with Crippen molar-refractivity contribution in [3.05, 3.63) is 58.6 Å². The molecule has 0 atom stereocenters. The number of hydrogen-bond acceptors (Lipinski definition) is 3. The zero-order chi connectivity index (χ0) is 13.9. The van der Waals surface area contributed by atoms with Gasteiger partial charge in [-0.1, -0.05) is 28.1 Å². The molecule has 100 valence electrons. The van der Waals surface area contributed by atoms with Gasteiger partial charge >= 0.3 is 0 Å². The summed E-state index contributed by atoms with van der Waals surface area (Å²) >= 11 is 3.34. The van der Waals surface area contributed by atoms with Gasteiger partial charge in [-0.15, -0.1) is 0 Å². The summed E-state index contributed by atoms with van der Waals surface area (Å²) in [5, 5.41) is 0. The van der Waals surface area contributed by atoms with Gasteiger partial charge in [0.05, 0.1) is 4.90 Å². The lowest BCUT2D eigenvalue weighted by Crippen LogP contribution is -2.23. The van der Waals surface area contributed by atoms with Crippen LogP contribution in [-0.4, -0.2) is 8.42 Å². The smallest absolute Gasteiger partial charge is 0.240 e. The van der Waals surface area contributed by atoms with Gasteiger partial charge < -0.3 is 5.73 Å². The van der Waals surface area contributed by atoms with Crippen LogP contribution >= 0.6 is 15.9 Å². The summed E-state index contributed by atoms with van der Waals surface area (Å²) in [6.07, 6.45) is 0. The van der Waals surface area contributed by atoms with Gasteiger partial charge in [0.25, 0.3) is 0 Å². The summed E-state index contributed by atoms with van der Waals surface area (Å²) in [5.74, 6) is 0. The number of nitrogens with two attached hydrogens (primary N) is 1. The van der Waals surface area contributed by atoms with Crippen LogP contribution in [0.15, 0.2) is 57.9 Å². The van der Waals surface area contributed by atoms with Crippen molar-refractivity contribution in [3.8, 4) is 0 Å². The summed E-state index contributed by atoms with van der Waals surface area (Å²) < 4.78 is 27.5. The van der Waals surface area contributed by atoms with Gasteiger partial charge in [-0.25, -0.2) is 13.1 Å². The van der Waals surface area contributed by atoms with E-state index in [1.165, 1.54) is 12.1 Å². The summed E-state index contributed by atoms with van der Waals surface area (Å²) in [5.41, 5.74) is 6.95. The molecule has 2 aromatic rings. The molecule has 0 aliphatic carbocycles. The van der Waals surface area contributed by atoms with E-state index in [9.17, 15) is 8.42 Å². The minimum Gasteiger partial charge on any atom is -0.399 e. The van der Waals surface area contributed by atoms with Crippen molar-refractivity contribution in [3.63, 3.8) is 0 Å². The summed E-state index contributed by atoms with van der Waals surface area (Å²) in [7, 11) is -3.51. The van der Waals surface area contributed by atoms with E-state index in [0.717, 1.165) is 10.0 Å². The molecular weight excluding hydrogens is 328 g/mol. The van der Waals surface area contributed by atoms with Crippen LogP contribution in [0.5, 0.6) is 0 Å².